The number of hydrogen-bond donors (Lipinski definition) is 0. The van der Waals surface area contributed by atoms with Crippen molar-refractivity contribution in [3.8, 4) is 0 Å². The molecule has 1 aliphatic carbocycles. The van der Waals surface area contributed by atoms with Gasteiger partial charge in [0.2, 0.25) is 0 Å². The molecule has 0 heteroatoms. The Bertz CT molecular complexity index is 298. The Hall–Kier alpha value is -1.04. The van der Waals surface area contributed by atoms with Gasteiger partial charge in [0.15, 0.2) is 0 Å². The van der Waals surface area contributed by atoms with Crippen molar-refractivity contribution in [1.82, 2.24) is 0 Å². The van der Waals surface area contributed by atoms with Crippen LogP contribution in [0, 0.1) is 11.8 Å². The lowest BCUT2D eigenvalue weighted by Gasteiger charge is -2.29. The van der Waals surface area contributed by atoms with E-state index in [1.807, 2.05) is 12.2 Å². The van der Waals surface area contributed by atoms with Crippen molar-refractivity contribution in [3.05, 3.63) is 49.1 Å². The first-order valence-corrected chi connectivity index (χ1v) is 6.82. The van der Waals surface area contributed by atoms with Crippen molar-refractivity contribution in [2.75, 3.05) is 0 Å². The summed E-state index contributed by atoms with van der Waals surface area (Å²) in [6.45, 7) is 14.0. The van der Waals surface area contributed by atoms with Gasteiger partial charge in [0.25, 0.3) is 0 Å². The number of rotatable bonds is 6. The SMILES string of the molecule is C=C/C=C(/C=C)CC1CCC(C(=C)CC)CC1. The minimum atomic E-state index is 0.784. The third kappa shape index (κ3) is 4.38. The van der Waals surface area contributed by atoms with Crippen molar-refractivity contribution in [3.63, 3.8) is 0 Å². The Morgan fingerprint density at radius 1 is 1.18 bits per heavy atom. The van der Waals surface area contributed by atoms with E-state index in [0.717, 1.165) is 18.3 Å². The second-order valence-electron chi connectivity index (χ2n) is 5.11. The summed E-state index contributed by atoms with van der Waals surface area (Å²) in [6.07, 6.45) is 13.6. The van der Waals surface area contributed by atoms with Crippen molar-refractivity contribution < 1.29 is 0 Å². The highest BCUT2D eigenvalue weighted by Crippen LogP contribution is 2.36. The second-order valence-corrected chi connectivity index (χ2v) is 5.11. The van der Waals surface area contributed by atoms with Gasteiger partial charge in [-0.2, -0.15) is 0 Å². The number of hydrogen-bond acceptors (Lipinski definition) is 0. The Kier molecular flexibility index (Phi) is 6.04. The van der Waals surface area contributed by atoms with Crippen LogP contribution in [-0.4, -0.2) is 0 Å². The molecule has 0 aliphatic heterocycles. The zero-order valence-corrected chi connectivity index (χ0v) is 11.3. The van der Waals surface area contributed by atoms with E-state index in [0.29, 0.717) is 0 Å². The molecule has 0 amide bonds. The highest BCUT2D eigenvalue weighted by Gasteiger charge is 2.22. The average Bonchev–Trinajstić information content (AvgIpc) is 2.38. The molecule has 1 fully saturated rings. The maximum atomic E-state index is 4.19. The molecule has 0 aromatic heterocycles. The molecule has 1 rings (SSSR count). The van der Waals surface area contributed by atoms with Gasteiger partial charge in [-0.15, -0.1) is 0 Å². The van der Waals surface area contributed by atoms with Crippen LogP contribution in [0.15, 0.2) is 49.1 Å². The van der Waals surface area contributed by atoms with Crippen LogP contribution in [0.25, 0.3) is 0 Å². The van der Waals surface area contributed by atoms with E-state index in [9.17, 15) is 0 Å². The van der Waals surface area contributed by atoms with Crippen molar-refractivity contribution in [2.45, 2.75) is 45.4 Å². The topological polar surface area (TPSA) is 0 Å². The number of allylic oxidation sites excluding steroid dienone is 5. The molecule has 0 nitrogen and oxygen atoms in total. The fourth-order valence-corrected chi connectivity index (χ4v) is 2.77. The minimum Gasteiger partial charge on any atom is -0.0996 e. The predicted molar refractivity (Wildman–Crippen MR) is 78.0 cm³/mol. The molecular weight excluding hydrogens is 204 g/mol. The van der Waals surface area contributed by atoms with Crippen LogP contribution < -0.4 is 0 Å². The fourth-order valence-electron chi connectivity index (χ4n) is 2.77. The van der Waals surface area contributed by atoms with E-state index < -0.39 is 0 Å². The standard InChI is InChI=1S/C17H26/c1-5-8-15(7-3)13-16-9-11-17(12-10-16)14(4)6-2/h5,7-8,16-17H,1,3-4,6,9-13H2,2H3/b15-8-. The molecule has 0 atom stereocenters. The van der Waals surface area contributed by atoms with Gasteiger partial charge in [-0.1, -0.05) is 50.5 Å². The van der Waals surface area contributed by atoms with Crippen molar-refractivity contribution >= 4 is 0 Å². The maximum Gasteiger partial charge on any atom is -0.0206 e. The Morgan fingerprint density at radius 3 is 2.29 bits per heavy atom. The molecule has 0 saturated heterocycles. The summed E-state index contributed by atoms with van der Waals surface area (Å²) in [4.78, 5) is 0. The molecule has 0 radical (unpaired) electrons. The quantitative estimate of drug-likeness (QED) is 0.420. The van der Waals surface area contributed by atoms with E-state index in [-0.39, 0.29) is 0 Å². The Labute approximate surface area is 107 Å². The van der Waals surface area contributed by atoms with E-state index >= 15 is 0 Å². The van der Waals surface area contributed by atoms with Crippen LogP contribution in [0.4, 0.5) is 0 Å². The van der Waals surface area contributed by atoms with Gasteiger partial charge in [0.1, 0.15) is 0 Å². The summed E-state index contributed by atoms with van der Waals surface area (Å²) in [5, 5.41) is 0. The predicted octanol–water partition coefficient (Wildman–Crippen LogP) is 5.45. The summed E-state index contributed by atoms with van der Waals surface area (Å²) < 4.78 is 0. The van der Waals surface area contributed by atoms with E-state index in [2.05, 4.69) is 32.7 Å². The first-order chi connectivity index (χ1) is 8.21. The van der Waals surface area contributed by atoms with Crippen LogP contribution in [0.2, 0.25) is 0 Å². The van der Waals surface area contributed by atoms with Crippen LogP contribution in [0.3, 0.4) is 0 Å². The van der Waals surface area contributed by atoms with Gasteiger partial charge < -0.3 is 0 Å². The van der Waals surface area contributed by atoms with E-state index in [1.54, 1.807) is 0 Å². The van der Waals surface area contributed by atoms with Gasteiger partial charge in [-0.3, -0.25) is 0 Å². The molecule has 0 aromatic rings. The summed E-state index contributed by atoms with van der Waals surface area (Å²) in [5.41, 5.74) is 2.78. The highest BCUT2D eigenvalue weighted by molar-refractivity contribution is 5.21. The Morgan fingerprint density at radius 2 is 1.82 bits per heavy atom. The molecule has 0 N–H and O–H groups in total. The molecule has 0 bridgehead atoms. The maximum absolute atomic E-state index is 4.19. The normalized spacial score (nSPS) is 25.4. The largest absolute Gasteiger partial charge is 0.0996 e. The lowest BCUT2D eigenvalue weighted by molar-refractivity contribution is 0.298. The second kappa shape index (κ2) is 7.32. The average molecular weight is 230 g/mol. The molecule has 0 aromatic carbocycles. The van der Waals surface area contributed by atoms with Gasteiger partial charge >= 0.3 is 0 Å². The monoisotopic (exact) mass is 230 g/mol. The van der Waals surface area contributed by atoms with E-state index in [4.69, 9.17) is 0 Å². The summed E-state index contributed by atoms with van der Waals surface area (Å²) in [6, 6.07) is 0. The fraction of sp³-hybridized carbons (Fsp3) is 0.529. The minimum absolute atomic E-state index is 0.784. The zero-order chi connectivity index (χ0) is 12.7. The third-order valence-corrected chi connectivity index (χ3v) is 4.00. The third-order valence-electron chi connectivity index (χ3n) is 4.00. The summed E-state index contributed by atoms with van der Waals surface area (Å²) >= 11 is 0. The van der Waals surface area contributed by atoms with Crippen LogP contribution in [0.5, 0.6) is 0 Å². The van der Waals surface area contributed by atoms with Crippen molar-refractivity contribution in [1.29, 1.82) is 0 Å². The molecule has 0 heterocycles. The van der Waals surface area contributed by atoms with Crippen LogP contribution in [0.1, 0.15) is 45.4 Å². The van der Waals surface area contributed by atoms with Gasteiger partial charge in [0, 0.05) is 0 Å². The first-order valence-electron chi connectivity index (χ1n) is 6.82. The molecule has 0 unspecified atom stereocenters. The summed E-state index contributed by atoms with van der Waals surface area (Å²) in [5.74, 6) is 1.62. The van der Waals surface area contributed by atoms with E-state index in [1.165, 1.54) is 43.3 Å². The molecular formula is C17H26. The first kappa shape index (κ1) is 14.0. The zero-order valence-electron chi connectivity index (χ0n) is 11.3. The van der Waals surface area contributed by atoms with Crippen LogP contribution >= 0.6 is 0 Å². The Balaban J connectivity index is 2.41. The van der Waals surface area contributed by atoms with Crippen LogP contribution in [-0.2, 0) is 0 Å². The lowest BCUT2D eigenvalue weighted by atomic mass is 9.76. The smallest absolute Gasteiger partial charge is 0.0206 e. The van der Waals surface area contributed by atoms with Gasteiger partial charge in [0.05, 0.1) is 0 Å². The lowest BCUT2D eigenvalue weighted by Crippen LogP contribution is -2.16. The van der Waals surface area contributed by atoms with Gasteiger partial charge in [-0.05, 0) is 55.9 Å². The molecule has 17 heavy (non-hydrogen) atoms. The van der Waals surface area contributed by atoms with Gasteiger partial charge in [-0.25, -0.2) is 0 Å². The molecule has 1 aliphatic rings. The molecule has 94 valence electrons. The molecule has 0 spiro atoms. The summed E-state index contributed by atoms with van der Waals surface area (Å²) in [7, 11) is 0. The van der Waals surface area contributed by atoms with Crippen molar-refractivity contribution in [2.24, 2.45) is 11.8 Å². The molecule has 1 saturated carbocycles. The highest BCUT2D eigenvalue weighted by atomic mass is 14.3.